The van der Waals surface area contributed by atoms with Crippen molar-refractivity contribution in [3.8, 4) is 0 Å². The van der Waals surface area contributed by atoms with Gasteiger partial charge in [-0.2, -0.15) is 0 Å². The number of sulfonamides is 1. The first-order valence-corrected chi connectivity index (χ1v) is 8.54. The lowest BCUT2D eigenvalue weighted by atomic mass is 10.1. The summed E-state index contributed by atoms with van der Waals surface area (Å²) < 4.78 is 27.1. The van der Waals surface area contributed by atoms with Gasteiger partial charge in [-0.05, 0) is 29.7 Å². The van der Waals surface area contributed by atoms with Gasteiger partial charge in [-0.15, -0.1) is 0 Å². The van der Waals surface area contributed by atoms with Crippen molar-refractivity contribution in [1.82, 2.24) is 0 Å². The summed E-state index contributed by atoms with van der Waals surface area (Å²) in [5, 5.41) is 2.10. The van der Waals surface area contributed by atoms with E-state index in [1.54, 1.807) is 36.4 Å². The molecular formula is C17H14ClNO2S. The Labute approximate surface area is 134 Å². The van der Waals surface area contributed by atoms with Gasteiger partial charge in [-0.3, -0.25) is 4.31 Å². The molecule has 3 nitrogen and oxygen atoms in total. The molecule has 0 spiro atoms. The summed E-state index contributed by atoms with van der Waals surface area (Å²) in [5.41, 5.74) is 0.528. The van der Waals surface area contributed by atoms with Crippen molar-refractivity contribution in [3.63, 3.8) is 0 Å². The van der Waals surface area contributed by atoms with Crippen LogP contribution in [0.15, 0.2) is 71.6 Å². The van der Waals surface area contributed by atoms with Crippen molar-refractivity contribution < 1.29 is 8.42 Å². The van der Waals surface area contributed by atoms with Crippen LogP contribution in [0.4, 0.5) is 5.69 Å². The van der Waals surface area contributed by atoms with Gasteiger partial charge in [-0.1, -0.05) is 54.1 Å². The first-order chi connectivity index (χ1) is 10.5. The molecule has 3 rings (SSSR count). The highest BCUT2D eigenvalue weighted by Gasteiger charge is 2.23. The fraction of sp³-hybridized carbons (Fsp3) is 0.0588. The van der Waals surface area contributed by atoms with Gasteiger partial charge in [0.1, 0.15) is 0 Å². The fourth-order valence-electron chi connectivity index (χ4n) is 2.38. The van der Waals surface area contributed by atoms with Gasteiger partial charge in [-0.25, -0.2) is 8.42 Å². The zero-order valence-corrected chi connectivity index (χ0v) is 13.5. The Bertz CT molecular complexity index is 933. The normalized spacial score (nSPS) is 11.5. The number of hydrogen-bond donors (Lipinski definition) is 0. The van der Waals surface area contributed by atoms with Crippen molar-refractivity contribution >= 4 is 38.1 Å². The van der Waals surface area contributed by atoms with Crippen LogP contribution in [0.25, 0.3) is 10.8 Å². The molecule has 0 fully saturated rings. The maximum atomic E-state index is 12.9. The predicted octanol–water partition coefficient (Wildman–Crippen LogP) is 4.32. The van der Waals surface area contributed by atoms with Gasteiger partial charge >= 0.3 is 0 Å². The molecule has 112 valence electrons. The quantitative estimate of drug-likeness (QED) is 0.716. The molecule has 3 aromatic rings. The van der Waals surface area contributed by atoms with Crippen LogP contribution in [0.2, 0.25) is 5.02 Å². The van der Waals surface area contributed by atoms with E-state index in [4.69, 9.17) is 11.6 Å². The minimum atomic E-state index is -3.66. The average Bonchev–Trinajstić information content (AvgIpc) is 2.53. The van der Waals surface area contributed by atoms with Crippen LogP contribution >= 0.6 is 11.6 Å². The van der Waals surface area contributed by atoms with E-state index in [2.05, 4.69) is 0 Å². The van der Waals surface area contributed by atoms with E-state index < -0.39 is 10.0 Å². The van der Waals surface area contributed by atoms with E-state index in [0.29, 0.717) is 16.1 Å². The number of nitrogens with zero attached hydrogens (tertiary/aromatic N) is 1. The summed E-state index contributed by atoms with van der Waals surface area (Å²) in [4.78, 5) is 0.285. The molecule has 0 aliphatic carbocycles. The smallest absolute Gasteiger partial charge is 0.264 e. The van der Waals surface area contributed by atoms with Gasteiger partial charge in [0.15, 0.2) is 0 Å². The third-order valence-electron chi connectivity index (χ3n) is 3.56. The van der Waals surface area contributed by atoms with Crippen molar-refractivity contribution in [2.75, 3.05) is 11.4 Å². The lowest BCUT2D eigenvalue weighted by molar-refractivity contribution is 0.595. The highest BCUT2D eigenvalue weighted by atomic mass is 35.5. The minimum absolute atomic E-state index is 0.285. The predicted molar refractivity (Wildman–Crippen MR) is 91.0 cm³/mol. The second-order valence-corrected chi connectivity index (χ2v) is 7.30. The van der Waals surface area contributed by atoms with Crippen LogP contribution in [0.3, 0.4) is 0 Å². The average molecular weight is 332 g/mol. The number of halogens is 1. The molecule has 5 heteroatoms. The molecule has 0 heterocycles. The maximum absolute atomic E-state index is 12.9. The largest absolute Gasteiger partial charge is 0.269 e. The molecule has 0 radical (unpaired) electrons. The van der Waals surface area contributed by atoms with Crippen molar-refractivity contribution in [2.24, 2.45) is 0 Å². The Kier molecular flexibility index (Phi) is 3.81. The van der Waals surface area contributed by atoms with Crippen molar-refractivity contribution in [1.29, 1.82) is 0 Å². The van der Waals surface area contributed by atoms with Crippen LogP contribution in [-0.4, -0.2) is 15.5 Å². The summed E-state index contributed by atoms with van der Waals surface area (Å²) in [5.74, 6) is 0. The Morgan fingerprint density at radius 1 is 0.909 bits per heavy atom. The number of benzene rings is 3. The fourth-order valence-corrected chi connectivity index (χ4v) is 3.96. The molecule has 3 aromatic carbocycles. The Morgan fingerprint density at radius 2 is 1.59 bits per heavy atom. The van der Waals surface area contributed by atoms with E-state index in [1.165, 1.54) is 11.4 Å². The van der Waals surface area contributed by atoms with Gasteiger partial charge in [0, 0.05) is 17.5 Å². The van der Waals surface area contributed by atoms with Crippen LogP contribution in [0, 0.1) is 0 Å². The van der Waals surface area contributed by atoms with E-state index >= 15 is 0 Å². The van der Waals surface area contributed by atoms with Gasteiger partial charge in [0.2, 0.25) is 0 Å². The second kappa shape index (κ2) is 5.63. The summed E-state index contributed by atoms with van der Waals surface area (Å²) in [7, 11) is -2.13. The van der Waals surface area contributed by atoms with Crippen LogP contribution in [-0.2, 0) is 10.0 Å². The number of anilines is 1. The van der Waals surface area contributed by atoms with Gasteiger partial charge in [0.05, 0.1) is 10.6 Å². The number of hydrogen-bond acceptors (Lipinski definition) is 2. The van der Waals surface area contributed by atoms with Crippen molar-refractivity contribution in [2.45, 2.75) is 4.90 Å². The van der Waals surface area contributed by atoms with Crippen LogP contribution in [0.5, 0.6) is 0 Å². The van der Waals surface area contributed by atoms with E-state index in [0.717, 1.165) is 5.39 Å². The molecule has 0 aromatic heterocycles. The molecule has 0 saturated carbocycles. The van der Waals surface area contributed by atoms with E-state index in [-0.39, 0.29) is 4.90 Å². The van der Waals surface area contributed by atoms with Gasteiger partial charge < -0.3 is 0 Å². The minimum Gasteiger partial charge on any atom is -0.269 e. The van der Waals surface area contributed by atoms with E-state index in [1.807, 2.05) is 30.3 Å². The molecule has 0 bridgehead atoms. The Hall–Kier alpha value is -2.04. The molecule has 0 atom stereocenters. The standard InChI is InChI=1S/C17H14ClNO2S/c1-19(15-9-5-8-14(18)12-15)22(20,21)17-11-4-7-13-6-2-3-10-16(13)17/h2-12H,1H3. The zero-order valence-electron chi connectivity index (χ0n) is 11.9. The lowest BCUT2D eigenvalue weighted by Crippen LogP contribution is -2.26. The van der Waals surface area contributed by atoms with Crippen LogP contribution < -0.4 is 4.31 Å². The molecule has 0 saturated heterocycles. The highest BCUT2D eigenvalue weighted by molar-refractivity contribution is 7.93. The summed E-state index contributed by atoms with van der Waals surface area (Å²) in [6.45, 7) is 0. The molecule has 22 heavy (non-hydrogen) atoms. The molecule has 0 amide bonds. The second-order valence-electron chi connectivity index (χ2n) is 4.93. The molecule has 0 aliphatic heterocycles. The molecule has 0 unspecified atom stereocenters. The first-order valence-electron chi connectivity index (χ1n) is 6.72. The molecule has 0 aliphatic rings. The number of fused-ring (bicyclic) bond motifs is 1. The lowest BCUT2D eigenvalue weighted by Gasteiger charge is -2.20. The van der Waals surface area contributed by atoms with Gasteiger partial charge in [0.25, 0.3) is 10.0 Å². The summed E-state index contributed by atoms with van der Waals surface area (Å²) in [6.07, 6.45) is 0. The Balaban J connectivity index is 2.16. The third kappa shape index (κ3) is 2.56. The maximum Gasteiger partial charge on any atom is 0.264 e. The first kappa shape index (κ1) is 14.9. The number of rotatable bonds is 3. The SMILES string of the molecule is CN(c1cccc(Cl)c1)S(=O)(=O)c1cccc2ccccc12. The van der Waals surface area contributed by atoms with Crippen LogP contribution in [0.1, 0.15) is 0 Å². The topological polar surface area (TPSA) is 37.4 Å². The third-order valence-corrected chi connectivity index (χ3v) is 5.64. The summed E-state index contributed by atoms with van der Waals surface area (Å²) >= 11 is 5.96. The molecular weight excluding hydrogens is 318 g/mol. The molecule has 0 N–H and O–H groups in total. The zero-order chi connectivity index (χ0) is 15.7. The van der Waals surface area contributed by atoms with E-state index in [9.17, 15) is 8.42 Å². The van der Waals surface area contributed by atoms with Crippen molar-refractivity contribution in [3.05, 3.63) is 71.8 Å². The highest BCUT2D eigenvalue weighted by Crippen LogP contribution is 2.29. The summed E-state index contributed by atoms with van der Waals surface area (Å²) in [6, 6.07) is 19.5. The Morgan fingerprint density at radius 3 is 2.36 bits per heavy atom. The monoisotopic (exact) mass is 331 g/mol.